The topological polar surface area (TPSA) is 64.3 Å². The first-order valence-corrected chi connectivity index (χ1v) is 9.39. The number of hydrogen-bond donors (Lipinski definition) is 2. The number of methoxy groups -OCH3 is 1. The van der Waals surface area contributed by atoms with Crippen LogP contribution in [0.2, 0.25) is 0 Å². The van der Waals surface area contributed by atoms with E-state index < -0.39 is 0 Å². The van der Waals surface area contributed by atoms with Crippen LogP contribution in [0, 0.1) is 0 Å². The summed E-state index contributed by atoms with van der Waals surface area (Å²) in [7, 11) is 1.42. The maximum absolute atomic E-state index is 11.2. The Morgan fingerprint density at radius 2 is 1.65 bits per heavy atom. The van der Waals surface area contributed by atoms with Crippen LogP contribution in [0.15, 0.2) is 48.5 Å². The van der Waals surface area contributed by atoms with Gasteiger partial charge in [-0.05, 0) is 60.5 Å². The lowest BCUT2D eigenvalue weighted by Gasteiger charge is -2.23. The van der Waals surface area contributed by atoms with E-state index >= 15 is 0 Å². The molecule has 0 spiro atoms. The van der Waals surface area contributed by atoms with E-state index in [1.807, 2.05) is 12.1 Å². The van der Waals surface area contributed by atoms with Crippen LogP contribution >= 0.6 is 0 Å². The van der Waals surface area contributed by atoms with Gasteiger partial charge in [0.25, 0.3) is 0 Å². The standard InChI is InChI=1S/C22H28N2O2/c1-26-21(25)11-4-16-2-5-19(6-3-16)22(23)20-9-7-17(8-10-20)18-12-14-24-15-13-18/h2-3,5-10,18,22,24H,4,11-15,23H2,1H3. The van der Waals surface area contributed by atoms with E-state index in [9.17, 15) is 4.79 Å². The normalized spacial score (nSPS) is 16.2. The number of aryl methyl sites for hydroxylation is 1. The van der Waals surface area contributed by atoms with Crippen molar-refractivity contribution in [1.29, 1.82) is 0 Å². The summed E-state index contributed by atoms with van der Waals surface area (Å²) in [5.41, 5.74) is 11.2. The van der Waals surface area contributed by atoms with Gasteiger partial charge in [-0.15, -0.1) is 0 Å². The van der Waals surface area contributed by atoms with Gasteiger partial charge in [-0.3, -0.25) is 4.79 Å². The smallest absolute Gasteiger partial charge is 0.305 e. The lowest BCUT2D eigenvalue weighted by molar-refractivity contribution is -0.140. The Hall–Kier alpha value is -2.17. The van der Waals surface area contributed by atoms with E-state index in [-0.39, 0.29) is 12.0 Å². The number of carbonyl (C=O) groups excluding carboxylic acids is 1. The molecule has 4 heteroatoms. The van der Waals surface area contributed by atoms with E-state index in [4.69, 9.17) is 5.73 Å². The SMILES string of the molecule is COC(=O)CCc1ccc(C(N)c2ccc(C3CCNCC3)cc2)cc1. The van der Waals surface area contributed by atoms with E-state index in [0.29, 0.717) is 18.8 Å². The molecule has 4 nitrogen and oxygen atoms in total. The zero-order valence-electron chi connectivity index (χ0n) is 15.4. The second kappa shape index (κ2) is 8.97. The summed E-state index contributed by atoms with van der Waals surface area (Å²) in [5, 5.41) is 3.41. The Labute approximate surface area is 155 Å². The van der Waals surface area contributed by atoms with Crippen molar-refractivity contribution in [1.82, 2.24) is 5.32 Å². The van der Waals surface area contributed by atoms with Gasteiger partial charge < -0.3 is 15.8 Å². The highest BCUT2D eigenvalue weighted by Crippen LogP contribution is 2.27. The number of carbonyl (C=O) groups is 1. The molecule has 138 valence electrons. The maximum Gasteiger partial charge on any atom is 0.305 e. The van der Waals surface area contributed by atoms with Gasteiger partial charge in [0, 0.05) is 6.42 Å². The Morgan fingerprint density at radius 1 is 1.08 bits per heavy atom. The molecule has 1 atom stereocenters. The van der Waals surface area contributed by atoms with Crippen LogP contribution in [0.4, 0.5) is 0 Å². The van der Waals surface area contributed by atoms with E-state index in [1.54, 1.807) is 0 Å². The summed E-state index contributed by atoms with van der Waals surface area (Å²) in [6.07, 6.45) is 3.50. The third kappa shape index (κ3) is 4.71. The van der Waals surface area contributed by atoms with Crippen LogP contribution in [0.3, 0.4) is 0 Å². The van der Waals surface area contributed by atoms with Crippen molar-refractivity contribution >= 4 is 5.97 Å². The van der Waals surface area contributed by atoms with Crippen molar-refractivity contribution in [3.63, 3.8) is 0 Å². The number of hydrogen-bond acceptors (Lipinski definition) is 4. The molecule has 1 unspecified atom stereocenters. The molecule has 3 N–H and O–H groups in total. The zero-order chi connectivity index (χ0) is 18.4. The molecule has 1 aliphatic heterocycles. The molecule has 2 aromatic carbocycles. The molecule has 1 aliphatic rings. The van der Waals surface area contributed by atoms with Gasteiger partial charge in [0.1, 0.15) is 0 Å². The molecule has 0 saturated carbocycles. The average Bonchev–Trinajstić information content (AvgIpc) is 2.72. The summed E-state index contributed by atoms with van der Waals surface area (Å²) in [4.78, 5) is 11.2. The molecule has 0 amide bonds. The van der Waals surface area contributed by atoms with Gasteiger partial charge in [-0.1, -0.05) is 48.5 Å². The lowest BCUT2D eigenvalue weighted by atomic mass is 9.88. The third-order valence-corrected chi connectivity index (χ3v) is 5.29. The fourth-order valence-electron chi connectivity index (χ4n) is 3.56. The van der Waals surface area contributed by atoms with Crippen molar-refractivity contribution in [2.75, 3.05) is 20.2 Å². The first-order valence-electron chi connectivity index (χ1n) is 9.39. The first kappa shape index (κ1) is 18.6. The van der Waals surface area contributed by atoms with Gasteiger partial charge in [-0.25, -0.2) is 0 Å². The molecular weight excluding hydrogens is 324 g/mol. The minimum Gasteiger partial charge on any atom is -0.469 e. The maximum atomic E-state index is 11.2. The van der Waals surface area contributed by atoms with Crippen LogP contribution in [0.25, 0.3) is 0 Å². The zero-order valence-corrected chi connectivity index (χ0v) is 15.4. The second-order valence-corrected chi connectivity index (χ2v) is 6.99. The Kier molecular flexibility index (Phi) is 6.42. The molecule has 0 bridgehead atoms. The fourth-order valence-corrected chi connectivity index (χ4v) is 3.56. The average molecular weight is 352 g/mol. The molecule has 0 aliphatic carbocycles. The van der Waals surface area contributed by atoms with E-state index in [1.165, 1.54) is 25.5 Å². The number of piperidine rings is 1. The summed E-state index contributed by atoms with van der Waals surface area (Å²) < 4.78 is 4.68. The van der Waals surface area contributed by atoms with Crippen LogP contribution in [0.5, 0.6) is 0 Å². The summed E-state index contributed by atoms with van der Waals surface area (Å²) in [5.74, 6) is 0.482. The van der Waals surface area contributed by atoms with Gasteiger partial charge in [0.15, 0.2) is 0 Å². The number of nitrogens with one attached hydrogen (secondary N) is 1. The number of esters is 1. The first-order chi connectivity index (χ1) is 12.7. The highest BCUT2D eigenvalue weighted by atomic mass is 16.5. The molecule has 0 aromatic heterocycles. The molecule has 3 rings (SSSR count). The molecule has 26 heavy (non-hydrogen) atoms. The minimum atomic E-state index is -0.181. The highest BCUT2D eigenvalue weighted by molar-refractivity contribution is 5.69. The van der Waals surface area contributed by atoms with E-state index in [0.717, 1.165) is 29.8 Å². The summed E-state index contributed by atoms with van der Waals surface area (Å²) in [6.45, 7) is 2.21. The van der Waals surface area contributed by atoms with E-state index in [2.05, 4.69) is 46.5 Å². The largest absolute Gasteiger partial charge is 0.469 e. The fraction of sp³-hybridized carbons (Fsp3) is 0.409. The summed E-state index contributed by atoms with van der Waals surface area (Å²) >= 11 is 0. The molecule has 2 aromatic rings. The van der Waals surface area contributed by atoms with Crippen molar-refractivity contribution in [2.24, 2.45) is 5.73 Å². The number of ether oxygens (including phenoxy) is 1. The van der Waals surface area contributed by atoms with Crippen LogP contribution in [-0.2, 0) is 16.0 Å². The summed E-state index contributed by atoms with van der Waals surface area (Å²) in [6, 6.07) is 16.8. The molecule has 1 saturated heterocycles. The predicted molar refractivity (Wildman–Crippen MR) is 104 cm³/mol. The lowest BCUT2D eigenvalue weighted by Crippen LogP contribution is -2.26. The number of nitrogens with two attached hydrogens (primary N) is 1. The molecule has 1 heterocycles. The van der Waals surface area contributed by atoms with Crippen LogP contribution in [-0.4, -0.2) is 26.2 Å². The van der Waals surface area contributed by atoms with Gasteiger partial charge in [-0.2, -0.15) is 0 Å². The van der Waals surface area contributed by atoms with Gasteiger partial charge in [0.2, 0.25) is 0 Å². The minimum absolute atomic E-state index is 0.133. The van der Waals surface area contributed by atoms with Crippen molar-refractivity contribution < 1.29 is 9.53 Å². The van der Waals surface area contributed by atoms with Crippen molar-refractivity contribution in [2.45, 2.75) is 37.6 Å². The molecule has 0 radical (unpaired) electrons. The predicted octanol–water partition coefficient (Wildman–Crippen LogP) is 3.31. The number of benzene rings is 2. The molecule has 1 fully saturated rings. The third-order valence-electron chi connectivity index (χ3n) is 5.29. The van der Waals surface area contributed by atoms with Crippen LogP contribution < -0.4 is 11.1 Å². The van der Waals surface area contributed by atoms with Gasteiger partial charge >= 0.3 is 5.97 Å². The molecular formula is C22H28N2O2. The highest BCUT2D eigenvalue weighted by Gasteiger charge is 2.16. The Morgan fingerprint density at radius 3 is 2.23 bits per heavy atom. The van der Waals surface area contributed by atoms with Gasteiger partial charge in [0.05, 0.1) is 13.2 Å². The Bertz CT molecular complexity index is 704. The monoisotopic (exact) mass is 352 g/mol. The van der Waals surface area contributed by atoms with Crippen LogP contribution in [0.1, 0.15) is 53.5 Å². The van der Waals surface area contributed by atoms with Crippen molar-refractivity contribution in [3.8, 4) is 0 Å². The second-order valence-electron chi connectivity index (χ2n) is 6.99. The quantitative estimate of drug-likeness (QED) is 0.783. The Balaban J connectivity index is 1.62. The number of rotatable bonds is 6. The van der Waals surface area contributed by atoms with Crippen molar-refractivity contribution in [3.05, 3.63) is 70.8 Å².